The Kier molecular flexibility index (Phi) is 3.40. The molecule has 1 heterocycles. The van der Waals surface area contributed by atoms with E-state index in [-0.39, 0.29) is 0 Å². The molecule has 3 nitrogen and oxygen atoms in total. The van der Waals surface area contributed by atoms with Crippen LogP contribution in [0.4, 0.5) is 5.82 Å². The van der Waals surface area contributed by atoms with Crippen molar-refractivity contribution in [2.75, 3.05) is 11.9 Å². The Morgan fingerprint density at radius 3 is 2.44 bits per heavy atom. The SMILES string of the molecule is CN(c1nsnc1Cl)C1CCC(C)(C)CC1. The molecule has 0 spiro atoms. The summed E-state index contributed by atoms with van der Waals surface area (Å²) in [7, 11) is 2.08. The molecule has 0 N–H and O–H groups in total. The Bertz CT molecular complexity index is 354. The molecule has 0 saturated heterocycles. The first-order valence-corrected chi connectivity index (χ1v) is 6.81. The average molecular weight is 260 g/mol. The second-order valence-electron chi connectivity index (χ2n) is 5.38. The van der Waals surface area contributed by atoms with Gasteiger partial charge in [0.05, 0.1) is 11.7 Å². The molecule has 1 aliphatic carbocycles. The summed E-state index contributed by atoms with van der Waals surface area (Å²) in [6.07, 6.45) is 4.99. The second kappa shape index (κ2) is 4.49. The minimum absolute atomic E-state index is 0.501. The van der Waals surface area contributed by atoms with Crippen molar-refractivity contribution in [3.8, 4) is 0 Å². The third kappa shape index (κ3) is 2.48. The van der Waals surface area contributed by atoms with E-state index in [1.54, 1.807) is 0 Å². The summed E-state index contributed by atoms with van der Waals surface area (Å²) in [5.41, 5.74) is 0.501. The summed E-state index contributed by atoms with van der Waals surface area (Å²) in [6, 6.07) is 0.564. The number of halogens is 1. The van der Waals surface area contributed by atoms with Gasteiger partial charge in [-0.3, -0.25) is 0 Å². The first-order chi connectivity index (χ1) is 7.49. The lowest BCUT2D eigenvalue weighted by Gasteiger charge is -2.38. The number of anilines is 1. The largest absolute Gasteiger partial charge is 0.353 e. The van der Waals surface area contributed by atoms with E-state index in [0.29, 0.717) is 16.6 Å². The van der Waals surface area contributed by atoms with Gasteiger partial charge in [-0.2, -0.15) is 8.75 Å². The molecule has 1 fully saturated rings. The maximum absolute atomic E-state index is 6.01. The first-order valence-electron chi connectivity index (χ1n) is 5.70. The van der Waals surface area contributed by atoms with Crippen molar-refractivity contribution in [2.24, 2.45) is 5.41 Å². The predicted molar refractivity (Wildman–Crippen MR) is 69.4 cm³/mol. The summed E-state index contributed by atoms with van der Waals surface area (Å²) in [4.78, 5) is 2.20. The summed E-state index contributed by atoms with van der Waals surface area (Å²) >= 11 is 7.19. The quantitative estimate of drug-likeness (QED) is 0.813. The van der Waals surface area contributed by atoms with Crippen molar-refractivity contribution in [1.29, 1.82) is 0 Å². The maximum Gasteiger partial charge on any atom is 0.187 e. The highest BCUT2D eigenvalue weighted by Gasteiger charge is 2.30. The Labute approximate surface area is 106 Å². The van der Waals surface area contributed by atoms with Crippen LogP contribution in [-0.4, -0.2) is 21.8 Å². The molecule has 0 bridgehead atoms. The lowest BCUT2D eigenvalue weighted by Crippen LogP contribution is -2.37. The number of aromatic nitrogens is 2. The molecular weight excluding hydrogens is 242 g/mol. The Morgan fingerprint density at radius 1 is 1.31 bits per heavy atom. The second-order valence-corrected chi connectivity index (χ2v) is 6.27. The van der Waals surface area contributed by atoms with Crippen LogP contribution in [0.15, 0.2) is 0 Å². The van der Waals surface area contributed by atoms with Crippen LogP contribution in [-0.2, 0) is 0 Å². The molecule has 16 heavy (non-hydrogen) atoms. The normalized spacial score (nSPS) is 21.0. The van der Waals surface area contributed by atoms with Crippen molar-refractivity contribution < 1.29 is 0 Å². The highest BCUT2D eigenvalue weighted by atomic mass is 35.5. The summed E-state index contributed by atoms with van der Waals surface area (Å²) < 4.78 is 8.27. The Hall–Kier alpha value is -0.350. The van der Waals surface area contributed by atoms with Gasteiger partial charge in [-0.05, 0) is 31.1 Å². The number of hydrogen-bond donors (Lipinski definition) is 0. The van der Waals surface area contributed by atoms with Crippen LogP contribution >= 0.6 is 23.3 Å². The minimum Gasteiger partial charge on any atom is -0.353 e. The van der Waals surface area contributed by atoms with Crippen molar-refractivity contribution in [1.82, 2.24) is 8.75 Å². The molecule has 0 aromatic carbocycles. The zero-order valence-electron chi connectivity index (χ0n) is 10.0. The third-order valence-corrected chi connectivity index (χ3v) is 4.50. The molecule has 0 unspecified atom stereocenters. The van der Waals surface area contributed by atoms with Crippen molar-refractivity contribution >= 4 is 29.1 Å². The van der Waals surface area contributed by atoms with E-state index >= 15 is 0 Å². The van der Waals surface area contributed by atoms with Gasteiger partial charge in [0.15, 0.2) is 11.0 Å². The molecule has 0 amide bonds. The van der Waals surface area contributed by atoms with Crippen LogP contribution in [0.25, 0.3) is 0 Å². The molecule has 1 saturated carbocycles. The smallest absolute Gasteiger partial charge is 0.187 e. The molecular formula is C11H18ClN3S. The fourth-order valence-electron chi connectivity index (χ4n) is 2.33. The minimum atomic E-state index is 0.501. The van der Waals surface area contributed by atoms with E-state index in [1.165, 1.54) is 37.4 Å². The van der Waals surface area contributed by atoms with E-state index in [0.717, 1.165) is 5.82 Å². The van der Waals surface area contributed by atoms with Crippen LogP contribution < -0.4 is 4.90 Å². The van der Waals surface area contributed by atoms with Gasteiger partial charge < -0.3 is 4.90 Å². The lowest BCUT2D eigenvalue weighted by molar-refractivity contribution is 0.222. The summed E-state index contributed by atoms with van der Waals surface area (Å²) in [5.74, 6) is 0.844. The topological polar surface area (TPSA) is 29.0 Å². The zero-order valence-corrected chi connectivity index (χ0v) is 11.6. The first kappa shape index (κ1) is 12.1. The van der Waals surface area contributed by atoms with Crippen LogP contribution in [0.5, 0.6) is 0 Å². The molecule has 90 valence electrons. The van der Waals surface area contributed by atoms with Crippen molar-refractivity contribution in [3.05, 3.63) is 5.15 Å². The van der Waals surface area contributed by atoms with E-state index < -0.39 is 0 Å². The summed E-state index contributed by atoms with van der Waals surface area (Å²) in [5, 5.41) is 0.539. The van der Waals surface area contributed by atoms with E-state index in [2.05, 4.69) is 34.5 Å². The number of rotatable bonds is 2. The average Bonchev–Trinajstić information content (AvgIpc) is 2.63. The molecule has 5 heteroatoms. The molecule has 1 aromatic heterocycles. The molecule has 0 radical (unpaired) electrons. The van der Waals surface area contributed by atoms with Crippen LogP contribution in [0.3, 0.4) is 0 Å². The van der Waals surface area contributed by atoms with Crippen LogP contribution in [0, 0.1) is 5.41 Å². The van der Waals surface area contributed by atoms with Gasteiger partial charge in [-0.25, -0.2) is 0 Å². The maximum atomic E-state index is 6.01. The van der Waals surface area contributed by atoms with Gasteiger partial charge in [0.2, 0.25) is 0 Å². The molecule has 0 aliphatic heterocycles. The van der Waals surface area contributed by atoms with Crippen molar-refractivity contribution in [2.45, 2.75) is 45.6 Å². The van der Waals surface area contributed by atoms with E-state index in [9.17, 15) is 0 Å². The monoisotopic (exact) mass is 259 g/mol. The highest BCUT2D eigenvalue weighted by Crippen LogP contribution is 2.38. The van der Waals surface area contributed by atoms with E-state index in [1.807, 2.05) is 0 Å². The molecule has 0 atom stereocenters. The highest BCUT2D eigenvalue weighted by molar-refractivity contribution is 6.99. The van der Waals surface area contributed by atoms with Crippen LogP contribution in [0.2, 0.25) is 5.15 Å². The molecule has 1 aliphatic rings. The van der Waals surface area contributed by atoms with Gasteiger partial charge in [0.25, 0.3) is 0 Å². The summed E-state index contributed by atoms with van der Waals surface area (Å²) in [6.45, 7) is 4.70. The van der Waals surface area contributed by atoms with Crippen LogP contribution in [0.1, 0.15) is 39.5 Å². The van der Waals surface area contributed by atoms with Gasteiger partial charge in [-0.1, -0.05) is 25.4 Å². The third-order valence-electron chi connectivity index (χ3n) is 3.62. The Balaban J connectivity index is 2.02. The van der Waals surface area contributed by atoms with Gasteiger partial charge >= 0.3 is 0 Å². The molecule has 2 rings (SSSR count). The predicted octanol–water partition coefficient (Wildman–Crippen LogP) is 3.60. The molecule has 1 aromatic rings. The fraction of sp³-hybridized carbons (Fsp3) is 0.818. The van der Waals surface area contributed by atoms with Gasteiger partial charge in [0, 0.05) is 13.1 Å². The number of nitrogens with zero attached hydrogens (tertiary/aromatic N) is 3. The van der Waals surface area contributed by atoms with E-state index in [4.69, 9.17) is 11.6 Å². The fourth-order valence-corrected chi connectivity index (χ4v) is 3.13. The Morgan fingerprint density at radius 2 is 1.94 bits per heavy atom. The zero-order chi connectivity index (χ0) is 11.8. The standard InChI is InChI=1S/C11H18ClN3S/c1-11(2)6-4-8(5-7-11)15(3)10-9(12)13-16-14-10/h8H,4-7H2,1-3H3. The van der Waals surface area contributed by atoms with Gasteiger partial charge in [-0.15, -0.1) is 0 Å². The number of hydrogen-bond acceptors (Lipinski definition) is 4. The van der Waals surface area contributed by atoms with Gasteiger partial charge in [0.1, 0.15) is 0 Å². The lowest BCUT2D eigenvalue weighted by atomic mass is 9.75. The van der Waals surface area contributed by atoms with Crippen molar-refractivity contribution in [3.63, 3.8) is 0 Å².